The standard InChI is InChI=1S/C16H19NO3S/c18-15(17-8-9-5-6-10(17)7-9)13-11-3-1-2-4-12(11)14(21-13)16(19)20/h9-10H,1-8H2,(H,19,20)/t9-,10+/m0/s1. The zero-order chi connectivity index (χ0) is 14.6. The van der Waals surface area contributed by atoms with Gasteiger partial charge < -0.3 is 10.0 Å². The molecule has 3 aliphatic rings. The summed E-state index contributed by atoms with van der Waals surface area (Å²) in [5, 5.41) is 9.39. The summed E-state index contributed by atoms with van der Waals surface area (Å²) in [7, 11) is 0. The summed E-state index contributed by atoms with van der Waals surface area (Å²) >= 11 is 1.21. The van der Waals surface area contributed by atoms with Gasteiger partial charge in [-0.2, -0.15) is 0 Å². The predicted octanol–water partition coefficient (Wildman–Crippen LogP) is 2.95. The van der Waals surface area contributed by atoms with E-state index in [4.69, 9.17) is 0 Å². The highest BCUT2D eigenvalue weighted by atomic mass is 32.1. The molecule has 1 N–H and O–H groups in total. The van der Waals surface area contributed by atoms with Gasteiger partial charge in [0.25, 0.3) is 5.91 Å². The lowest BCUT2D eigenvalue weighted by Crippen LogP contribution is -2.37. The molecule has 1 amide bonds. The van der Waals surface area contributed by atoms with Gasteiger partial charge in [0.1, 0.15) is 4.88 Å². The van der Waals surface area contributed by atoms with Crippen LogP contribution in [0.4, 0.5) is 0 Å². The lowest BCUT2D eigenvalue weighted by molar-refractivity contribution is 0.0695. The van der Waals surface area contributed by atoms with Gasteiger partial charge in [0.05, 0.1) is 4.88 Å². The second-order valence-corrected chi connectivity index (χ2v) is 7.54. The molecule has 0 spiro atoms. The van der Waals surface area contributed by atoms with Crippen molar-refractivity contribution in [2.75, 3.05) is 6.54 Å². The molecular weight excluding hydrogens is 286 g/mol. The number of hydrogen-bond acceptors (Lipinski definition) is 3. The topological polar surface area (TPSA) is 57.6 Å². The number of piperidine rings is 1. The number of fused-ring (bicyclic) bond motifs is 3. The Labute approximate surface area is 127 Å². The number of aromatic carboxylic acids is 1. The number of hydrogen-bond donors (Lipinski definition) is 1. The SMILES string of the molecule is O=C(O)c1sc(C(=O)N2C[C@H]3CC[C@@H]2C3)c2c1CCCC2. The van der Waals surface area contributed by atoms with Crippen LogP contribution in [0.25, 0.3) is 0 Å². The lowest BCUT2D eigenvalue weighted by Gasteiger charge is -2.27. The molecule has 5 heteroatoms. The van der Waals surface area contributed by atoms with E-state index in [-0.39, 0.29) is 5.91 Å². The zero-order valence-corrected chi connectivity index (χ0v) is 12.7. The van der Waals surface area contributed by atoms with Crippen molar-refractivity contribution in [1.29, 1.82) is 0 Å². The molecule has 1 aliphatic heterocycles. The first-order valence-corrected chi connectivity index (χ1v) is 8.65. The van der Waals surface area contributed by atoms with Gasteiger partial charge in [-0.3, -0.25) is 4.79 Å². The van der Waals surface area contributed by atoms with Crippen LogP contribution in [0.15, 0.2) is 0 Å². The smallest absolute Gasteiger partial charge is 0.346 e. The summed E-state index contributed by atoms with van der Waals surface area (Å²) in [5.41, 5.74) is 1.97. The normalized spacial score (nSPS) is 27.0. The summed E-state index contributed by atoms with van der Waals surface area (Å²) in [6.07, 6.45) is 7.29. The van der Waals surface area contributed by atoms with Gasteiger partial charge in [-0.15, -0.1) is 11.3 Å². The van der Waals surface area contributed by atoms with Crippen LogP contribution in [0.2, 0.25) is 0 Å². The van der Waals surface area contributed by atoms with Crippen molar-refractivity contribution in [3.63, 3.8) is 0 Å². The number of amides is 1. The molecule has 4 rings (SSSR count). The Morgan fingerprint density at radius 1 is 1.10 bits per heavy atom. The minimum atomic E-state index is -0.875. The fourth-order valence-electron chi connectivity index (χ4n) is 4.28. The number of carbonyl (C=O) groups is 2. The Morgan fingerprint density at radius 3 is 2.38 bits per heavy atom. The number of nitrogens with zero attached hydrogens (tertiary/aromatic N) is 1. The molecule has 1 saturated heterocycles. The highest BCUT2D eigenvalue weighted by Crippen LogP contribution is 2.41. The highest BCUT2D eigenvalue weighted by molar-refractivity contribution is 7.16. The van der Waals surface area contributed by atoms with Crippen LogP contribution in [0.5, 0.6) is 0 Å². The second-order valence-electron chi connectivity index (χ2n) is 6.52. The third-order valence-corrected chi connectivity index (χ3v) is 6.53. The van der Waals surface area contributed by atoms with Crippen LogP contribution >= 0.6 is 11.3 Å². The fourth-order valence-corrected chi connectivity index (χ4v) is 5.47. The van der Waals surface area contributed by atoms with Crippen molar-refractivity contribution in [3.8, 4) is 0 Å². The van der Waals surface area contributed by atoms with E-state index >= 15 is 0 Å². The Bertz CT molecular complexity index is 621. The summed E-state index contributed by atoms with van der Waals surface area (Å²) in [6, 6.07) is 0.400. The van der Waals surface area contributed by atoms with Crippen LogP contribution in [-0.2, 0) is 12.8 Å². The first kappa shape index (κ1) is 13.3. The molecule has 0 unspecified atom stereocenters. The maximum Gasteiger partial charge on any atom is 0.346 e. The molecule has 2 atom stereocenters. The molecule has 2 bridgehead atoms. The maximum atomic E-state index is 12.9. The summed E-state index contributed by atoms with van der Waals surface area (Å²) in [6.45, 7) is 0.874. The quantitative estimate of drug-likeness (QED) is 0.914. The van der Waals surface area contributed by atoms with Crippen LogP contribution in [0.1, 0.15) is 62.6 Å². The van der Waals surface area contributed by atoms with Gasteiger partial charge in [-0.05, 0) is 62.0 Å². The number of rotatable bonds is 2. The van der Waals surface area contributed by atoms with Crippen LogP contribution in [0.3, 0.4) is 0 Å². The van der Waals surface area contributed by atoms with E-state index in [1.165, 1.54) is 17.8 Å². The molecule has 0 radical (unpaired) electrons. The monoisotopic (exact) mass is 305 g/mol. The Balaban J connectivity index is 1.71. The van der Waals surface area contributed by atoms with E-state index in [9.17, 15) is 14.7 Å². The fraction of sp³-hybridized carbons (Fsp3) is 0.625. The van der Waals surface area contributed by atoms with Gasteiger partial charge in [0.2, 0.25) is 0 Å². The number of thiophene rings is 1. The van der Waals surface area contributed by atoms with E-state index in [2.05, 4.69) is 0 Å². The predicted molar refractivity (Wildman–Crippen MR) is 80.1 cm³/mol. The first-order valence-electron chi connectivity index (χ1n) is 7.84. The van der Waals surface area contributed by atoms with E-state index < -0.39 is 5.97 Å². The number of carboxylic acids is 1. The van der Waals surface area contributed by atoms with E-state index in [0.717, 1.165) is 61.1 Å². The van der Waals surface area contributed by atoms with E-state index in [0.29, 0.717) is 16.8 Å². The molecule has 1 aromatic heterocycles. The van der Waals surface area contributed by atoms with Crippen LogP contribution in [-0.4, -0.2) is 34.5 Å². The van der Waals surface area contributed by atoms with Crippen LogP contribution < -0.4 is 0 Å². The minimum absolute atomic E-state index is 0.0952. The maximum absolute atomic E-state index is 12.9. The minimum Gasteiger partial charge on any atom is -0.477 e. The Hall–Kier alpha value is -1.36. The van der Waals surface area contributed by atoms with Crippen molar-refractivity contribution in [2.24, 2.45) is 5.92 Å². The molecule has 2 heterocycles. The van der Waals surface area contributed by atoms with Gasteiger partial charge in [0.15, 0.2) is 0 Å². The number of likely N-dealkylation sites (tertiary alicyclic amines) is 1. The number of carbonyl (C=O) groups excluding carboxylic acids is 1. The van der Waals surface area contributed by atoms with Gasteiger partial charge in [0, 0.05) is 12.6 Å². The summed E-state index contributed by atoms with van der Waals surface area (Å²) < 4.78 is 0. The summed E-state index contributed by atoms with van der Waals surface area (Å²) in [5.74, 6) is -0.105. The van der Waals surface area contributed by atoms with Crippen LogP contribution in [0, 0.1) is 5.92 Å². The van der Waals surface area contributed by atoms with Gasteiger partial charge >= 0.3 is 5.97 Å². The zero-order valence-electron chi connectivity index (χ0n) is 11.9. The van der Waals surface area contributed by atoms with Crippen molar-refractivity contribution in [3.05, 3.63) is 20.9 Å². The molecule has 0 aromatic carbocycles. The first-order chi connectivity index (χ1) is 10.1. The second kappa shape index (κ2) is 4.83. The number of carboxylic acid groups (broad SMARTS) is 1. The average Bonchev–Trinajstić information content (AvgIpc) is 3.19. The molecule has 2 aliphatic carbocycles. The largest absolute Gasteiger partial charge is 0.477 e. The van der Waals surface area contributed by atoms with E-state index in [1.807, 2.05) is 4.90 Å². The Kier molecular flexibility index (Phi) is 3.06. The molecule has 1 saturated carbocycles. The van der Waals surface area contributed by atoms with Crippen molar-refractivity contribution in [2.45, 2.75) is 51.0 Å². The van der Waals surface area contributed by atoms with Gasteiger partial charge in [-0.25, -0.2) is 4.79 Å². The molecule has 21 heavy (non-hydrogen) atoms. The molecule has 4 nitrogen and oxygen atoms in total. The molecule has 112 valence electrons. The molecule has 2 fully saturated rings. The molecular formula is C16H19NO3S. The third kappa shape index (κ3) is 2.01. The van der Waals surface area contributed by atoms with E-state index in [1.54, 1.807) is 0 Å². The van der Waals surface area contributed by atoms with Crippen molar-refractivity contribution >= 4 is 23.2 Å². The Morgan fingerprint density at radius 2 is 1.81 bits per heavy atom. The summed E-state index contributed by atoms with van der Waals surface area (Å²) in [4.78, 5) is 27.5. The lowest BCUT2D eigenvalue weighted by atomic mass is 9.91. The highest BCUT2D eigenvalue weighted by Gasteiger charge is 2.42. The average molecular weight is 305 g/mol. The van der Waals surface area contributed by atoms with Gasteiger partial charge in [-0.1, -0.05) is 0 Å². The molecule has 1 aromatic rings. The third-order valence-electron chi connectivity index (χ3n) is 5.28. The van der Waals surface area contributed by atoms with Crippen molar-refractivity contribution < 1.29 is 14.7 Å². The van der Waals surface area contributed by atoms with Crippen molar-refractivity contribution in [1.82, 2.24) is 4.90 Å².